The molecular weight excluding hydrogens is 350 g/mol. The van der Waals surface area contributed by atoms with E-state index in [9.17, 15) is 4.79 Å². The van der Waals surface area contributed by atoms with Crippen molar-refractivity contribution in [3.63, 3.8) is 0 Å². The molecule has 0 unspecified atom stereocenters. The Balaban J connectivity index is 1.73. The summed E-state index contributed by atoms with van der Waals surface area (Å²) in [5.41, 5.74) is 1.50. The molecule has 2 aromatic carbocycles. The SMILES string of the molecule is COc1ccc(C(=O)CSc2nnc(-c3ccccc3OC)n2C)cc1. The van der Waals surface area contributed by atoms with Crippen molar-refractivity contribution >= 4 is 17.5 Å². The molecule has 1 aromatic heterocycles. The number of nitrogens with zero attached hydrogens (tertiary/aromatic N) is 3. The number of aromatic nitrogens is 3. The van der Waals surface area contributed by atoms with E-state index < -0.39 is 0 Å². The fourth-order valence-electron chi connectivity index (χ4n) is 2.49. The van der Waals surface area contributed by atoms with Crippen LogP contribution in [0.1, 0.15) is 10.4 Å². The molecule has 0 bridgehead atoms. The lowest BCUT2D eigenvalue weighted by Gasteiger charge is -2.08. The second-order valence-corrected chi connectivity index (χ2v) is 6.45. The van der Waals surface area contributed by atoms with Gasteiger partial charge in [-0.15, -0.1) is 10.2 Å². The van der Waals surface area contributed by atoms with E-state index in [1.165, 1.54) is 11.8 Å². The van der Waals surface area contributed by atoms with Gasteiger partial charge in [0.1, 0.15) is 11.5 Å². The van der Waals surface area contributed by atoms with Crippen LogP contribution >= 0.6 is 11.8 Å². The lowest BCUT2D eigenvalue weighted by molar-refractivity contribution is 0.102. The molecular formula is C19H19N3O3S. The summed E-state index contributed by atoms with van der Waals surface area (Å²) in [7, 11) is 5.10. The third kappa shape index (κ3) is 3.72. The van der Waals surface area contributed by atoms with Gasteiger partial charge in [-0.1, -0.05) is 23.9 Å². The van der Waals surface area contributed by atoms with Gasteiger partial charge in [-0.3, -0.25) is 4.79 Å². The highest BCUT2D eigenvalue weighted by Gasteiger charge is 2.16. The number of benzene rings is 2. The van der Waals surface area contributed by atoms with Crippen LogP contribution < -0.4 is 9.47 Å². The fourth-order valence-corrected chi connectivity index (χ4v) is 3.30. The number of ketones is 1. The zero-order chi connectivity index (χ0) is 18.5. The lowest BCUT2D eigenvalue weighted by atomic mass is 10.1. The molecule has 0 spiro atoms. The average molecular weight is 369 g/mol. The van der Waals surface area contributed by atoms with E-state index in [0.29, 0.717) is 16.5 Å². The van der Waals surface area contributed by atoms with Crippen molar-refractivity contribution in [3.05, 3.63) is 54.1 Å². The van der Waals surface area contributed by atoms with Gasteiger partial charge >= 0.3 is 0 Å². The maximum Gasteiger partial charge on any atom is 0.191 e. The lowest BCUT2D eigenvalue weighted by Crippen LogP contribution is -2.04. The van der Waals surface area contributed by atoms with Gasteiger partial charge < -0.3 is 14.0 Å². The van der Waals surface area contributed by atoms with Crippen molar-refractivity contribution in [1.29, 1.82) is 0 Å². The molecule has 3 rings (SSSR count). The Labute approximate surface area is 156 Å². The molecule has 0 amide bonds. The number of Topliss-reactive ketones (excluding diaryl/α,β-unsaturated/α-hetero) is 1. The standard InChI is InChI=1S/C19H19N3O3S/c1-22-18(15-6-4-5-7-17(15)25-3)20-21-19(22)26-12-16(23)13-8-10-14(24-2)11-9-13/h4-11H,12H2,1-3H3. The zero-order valence-corrected chi connectivity index (χ0v) is 15.6. The van der Waals surface area contributed by atoms with Crippen LogP contribution in [-0.4, -0.2) is 40.5 Å². The molecule has 7 heteroatoms. The number of carbonyl (C=O) groups excluding carboxylic acids is 1. The highest BCUT2D eigenvalue weighted by atomic mass is 32.2. The van der Waals surface area contributed by atoms with Gasteiger partial charge in [-0.25, -0.2) is 0 Å². The Kier molecular flexibility index (Phi) is 5.58. The van der Waals surface area contributed by atoms with Crippen LogP contribution in [0, 0.1) is 0 Å². The van der Waals surface area contributed by atoms with Crippen molar-refractivity contribution in [3.8, 4) is 22.9 Å². The van der Waals surface area contributed by atoms with Crippen LogP contribution in [-0.2, 0) is 7.05 Å². The average Bonchev–Trinajstić information content (AvgIpc) is 3.06. The van der Waals surface area contributed by atoms with Crippen LogP contribution in [0.2, 0.25) is 0 Å². The molecule has 0 aliphatic rings. The molecule has 0 saturated heterocycles. The quantitative estimate of drug-likeness (QED) is 0.469. The first-order chi connectivity index (χ1) is 12.6. The fraction of sp³-hybridized carbons (Fsp3) is 0.211. The van der Waals surface area contributed by atoms with Gasteiger partial charge in [-0.2, -0.15) is 0 Å². The van der Waals surface area contributed by atoms with Crippen LogP contribution in [0.4, 0.5) is 0 Å². The summed E-state index contributed by atoms with van der Waals surface area (Å²) in [5, 5.41) is 9.13. The Morgan fingerprint density at radius 2 is 1.77 bits per heavy atom. The smallest absolute Gasteiger partial charge is 0.191 e. The third-order valence-corrected chi connectivity index (χ3v) is 4.95. The van der Waals surface area contributed by atoms with Gasteiger partial charge in [0.15, 0.2) is 16.8 Å². The Morgan fingerprint density at radius 1 is 1.04 bits per heavy atom. The van der Waals surface area contributed by atoms with E-state index >= 15 is 0 Å². The summed E-state index contributed by atoms with van der Waals surface area (Å²) < 4.78 is 12.4. The molecule has 6 nitrogen and oxygen atoms in total. The Hall–Kier alpha value is -2.80. The molecule has 0 saturated carbocycles. The summed E-state index contributed by atoms with van der Waals surface area (Å²) in [6, 6.07) is 14.7. The van der Waals surface area contributed by atoms with E-state index in [1.54, 1.807) is 38.5 Å². The molecule has 0 aliphatic heterocycles. The largest absolute Gasteiger partial charge is 0.497 e. The van der Waals surface area contributed by atoms with E-state index in [0.717, 1.165) is 17.1 Å². The number of hydrogen-bond donors (Lipinski definition) is 0. The van der Waals surface area contributed by atoms with E-state index in [-0.39, 0.29) is 11.5 Å². The Morgan fingerprint density at radius 3 is 2.46 bits per heavy atom. The Bertz CT molecular complexity index is 907. The highest BCUT2D eigenvalue weighted by molar-refractivity contribution is 7.99. The number of para-hydroxylation sites is 1. The molecule has 0 N–H and O–H groups in total. The molecule has 0 atom stereocenters. The number of ether oxygens (including phenoxy) is 2. The molecule has 134 valence electrons. The summed E-state index contributed by atoms with van der Waals surface area (Å²) in [6.07, 6.45) is 0. The topological polar surface area (TPSA) is 66.2 Å². The van der Waals surface area contributed by atoms with Crippen LogP contribution in [0.15, 0.2) is 53.7 Å². The first-order valence-electron chi connectivity index (χ1n) is 7.97. The van der Waals surface area contributed by atoms with Crippen molar-refractivity contribution in [2.45, 2.75) is 5.16 Å². The van der Waals surface area contributed by atoms with Crippen molar-refractivity contribution in [2.24, 2.45) is 7.05 Å². The maximum atomic E-state index is 12.4. The van der Waals surface area contributed by atoms with E-state index in [4.69, 9.17) is 9.47 Å². The van der Waals surface area contributed by atoms with Crippen molar-refractivity contribution in [2.75, 3.05) is 20.0 Å². The van der Waals surface area contributed by atoms with Gasteiger partial charge in [0.2, 0.25) is 0 Å². The maximum absolute atomic E-state index is 12.4. The minimum Gasteiger partial charge on any atom is -0.497 e. The number of hydrogen-bond acceptors (Lipinski definition) is 6. The first-order valence-corrected chi connectivity index (χ1v) is 8.95. The van der Waals surface area contributed by atoms with Gasteiger partial charge in [0.25, 0.3) is 0 Å². The van der Waals surface area contributed by atoms with Gasteiger partial charge in [-0.05, 0) is 36.4 Å². The van der Waals surface area contributed by atoms with Crippen LogP contribution in [0.5, 0.6) is 11.5 Å². The monoisotopic (exact) mass is 369 g/mol. The van der Waals surface area contributed by atoms with E-state index in [2.05, 4.69) is 10.2 Å². The number of carbonyl (C=O) groups is 1. The first kappa shape index (κ1) is 18.0. The molecule has 26 heavy (non-hydrogen) atoms. The third-order valence-electron chi connectivity index (χ3n) is 3.93. The molecule has 1 heterocycles. The van der Waals surface area contributed by atoms with Gasteiger partial charge in [0.05, 0.1) is 25.5 Å². The number of methoxy groups -OCH3 is 2. The minimum atomic E-state index is 0.0273. The van der Waals surface area contributed by atoms with Gasteiger partial charge in [0, 0.05) is 12.6 Å². The minimum absolute atomic E-state index is 0.0273. The predicted molar refractivity (Wildman–Crippen MR) is 101 cm³/mol. The molecule has 0 fully saturated rings. The zero-order valence-electron chi connectivity index (χ0n) is 14.8. The summed E-state index contributed by atoms with van der Waals surface area (Å²) in [4.78, 5) is 12.4. The van der Waals surface area contributed by atoms with Crippen molar-refractivity contribution in [1.82, 2.24) is 14.8 Å². The van der Waals surface area contributed by atoms with E-state index in [1.807, 2.05) is 35.9 Å². The molecule has 0 radical (unpaired) electrons. The second-order valence-electron chi connectivity index (χ2n) is 5.51. The summed E-state index contributed by atoms with van der Waals surface area (Å²) >= 11 is 1.36. The van der Waals surface area contributed by atoms with Crippen LogP contribution in [0.3, 0.4) is 0 Å². The van der Waals surface area contributed by atoms with Crippen molar-refractivity contribution < 1.29 is 14.3 Å². The number of thioether (sulfide) groups is 1. The van der Waals surface area contributed by atoms with Crippen LogP contribution in [0.25, 0.3) is 11.4 Å². The number of rotatable bonds is 7. The normalized spacial score (nSPS) is 10.6. The predicted octanol–water partition coefficient (Wildman–Crippen LogP) is 3.47. The second kappa shape index (κ2) is 8.05. The summed E-state index contributed by atoms with van der Waals surface area (Å²) in [6.45, 7) is 0. The summed E-state index contributed by atoms with van der Waals surface area (Å²) in [5.74, 6) is 2.46. The molecule has 3 aromatic rings. The highest BCUT2D eigenvalue weighted by Crippen LogP contribution is 2.30. The molecule has 0 aliphatic carbocycles.